The van der Waals surface area contributed by atoms with E-state index in [1.54, 1.807) is 6.26 Å². The minimum absolute atomic E-state index is 0.665. The van der Waals surface area contributed by atoms with Crippen molar-refractivity contribution in [2.45, 2.75) is 38.8 Å². The van der Waals surface area contributed by atoms with E-state index in [9.17, 15) is 0 Å². The van der Waals surface area contributed by atoms with Gasteiger partial charge >= 0.3 is 0 Å². The van der Waals surface area contributed by atoms with Gasteiger partial charge in [-0.3, -0.25) is 0 Å². The lowest BCUT2D eigenvalue weighted by Gasteiger charge is -2.32. The van der Waals surface area contributed by atoms with Gasteiger partial charge in [0.1, 0.15) is 5.76 Å². The Morgan fingerprint density at radius 2 is 2.25 bits per heavy atom. The van der Waals surface area contributed by atoms with Gasteiger partial charge in [-0.15, -0.1) is 0 Å². The van der Waals surface area contributed by atoms with Gasteiger partial charge < -0.3 is 14.6 Å². The normalized spacial score (nSPS) is 19.1. The number of hydrogen-bond acceptors (Lipinski definition) is 3. The molecular formula is C13H22N2O. The van der Waals surface area contributed by atoms with Crippen molar-refractivity contribution < 1.29 is 4.42 Å². The Bertz CT molecular complexity index is 276. The van der Waals surface area contributed by atoms with Crippen LogP contribution in [0.5, 0.6) is 0 Å². The summed E-state index contributed by atoms with van der Waals surface area (Å²) in [6.45, 7) is 6.85. The fourth-order valence-electron chi connectivity index (χ4n) is 2.34. The SMILES string of the molecule is CCCN1CCC(NCc2ccco2)CC1. The van der Waals surface area contributed by atoms with Crippen molar-refractivity contribution in [3.8, 4) is 0 Å². The van der Waals surface area contributed by atoms with Crippen molar-refractivity contribution in [3.05, 3.63) is 24.2 Å². The van der Waals surface area contributed by atoms with Crippen LogP contribution in [0.2, 0.25) is 0 Å². The molecule has 3 heteroatoms. The smallest absolute Gasteiger partial charge is 0.117 e. The number of nitrogens with one attached hydrogen (secondary N) is 1. The second-order valence-electron chi connectivity index (χ2n) is 4.58. The maximum atomic E-state index is 5.31. The lowest BCUT2D eigenvalue weighted by Crippen LogP contribution is -2.42. The summed E-state index contributed by atoms with van der Waals surface area (Å²) in [4.78, 5) is 2.56. The van der Waals surface area contributed by atoms with E-state index in [-0.39, 0.29) is 0 Å². The minimum atomic E-state index is 0.665. The first-order chi connectivity index (χ1) is 7.88. The molecule has 0 spiro atoms. The van der Waals surface area contributed by atoms with Crippen molar-refractivity contribution in [2.75, 3.05) is 19.6 Å². The van der Waals surface area contributed by atoms with E-state index in [1.165, 1.54) is 38.9 Å². The van der Waals surface area contributed by atoms with Gasteiger partial charge in [-0.2, -0.15) is 0 Å². The lowest BCUT2D eigenvalue weighted by atomic mass is 10.0. The molecule has 1 aromatic heterocycles. The standard InChI is InChI=1S/C13H22N2O/c1-2-7-15-8-5-12(6-9-15)14-11-13-4-3-10-16-13/h3-4,10,12,14H,2,5-9,11H2,1H3. The third-order valence-electron chi connectivity index (χ3n) is 3.27. The van der Waals surface area contributed by atoms with Gasteiger partial charge in [-0.1, -0.05) is 6.92 Å². The van der Waals surface area contributed by atoms with Crippen LogP contribution in [-0.2, 0) is 6.54 Å². The molecule has 0 saturated carbocycles. The Kier molecular flexibility index (Phi) is 4.43. The Balaban J connectivity index is 1.65. The van der Waals surface area contributed by atoms with Crippen molar-refractivity contribution in [2.24, 2.45) is 0 Å². The summed E-state index contributed by atoms with van der Waals surface area (Å²) in [5.41, 5.74) is 0. The summed E-state index contributed by atoms with van der Waals surface area (Å²) in [7, 11) is 0. The number of rotatable bonds is 5. The van der Waals surface area contributed by atoms with Gasteiger partial charge in [0.25, 0.3) is 0 Å². The largest absolute Gasteiger partial charge is 0.468 e. The molecule has 1 saturated heterocycles. The molecule has 0 atom stereocenters. The number of piperidine rings is 1. The highest BCUT2D eigenvalue weighted by Gasteiger charge is 2.17. The van der Waals surface area contributed by atoms with Gasteiger partial charge in [0.2, 0.25) is 0 Å². The van der Waals surface area contributed by atoms with E-state index in [4.69, 9.17) is 4.42 Å². The average Bonchev–Trinajstić information content (AvgIpc) is 2.82. The average molecular weight is 222 g/mol. The summed E-state index contributed by atoms with van der Waals surface area (Å²) in [5, 5.41) is 3.57. The maximum absolute atomic E-state index is 5.31. The molecule has 0 bridgehead atoms. The zero-order chi connectivity index (χ0) is 11.2. The van der Waals surface area contributed by atoms with Crippen molar-refractivity contribution in [1.82, 2.24) is 10.2 Å². The summed E-state index contributed by atoms with van der Waals surface area (Å²) in [6.07, 6.45) is 5.53. The van der Waals surface area contributed by atoms with Crippen LogP contribution in [0.3, 0.4) is 0 Å². The molecule has 0 radical (unpaired) electrons. The number of hydrogen-bond donors (Lipinski definition) is 1. The third kappa shape index (κ3) is 3.35. The second kappa shape index (κ2) is 6.06. The van der Waals surface area contributed by atoms with Crippen LogP contribution in [0.15, 0.2) is 22.8 Å². The molecule has 3 nitrogen and oxygen atoms in total. The van der Waals surface area contributed by atoms with Gasteiger partial charge in [-0.05, 0) is 51.0 Å². The highest BCUT2D eigenvalue weighted by Crippen LogP contribution is 2.11. The van der Waals surface area contributed by atoms with E-state index >= 15 is 0 Å². The molecule has 1 aromatic rings. The van der Waals surface area contributed by atoms with Crippen LogP contribution in [-0.4, -0.2) is 30.6 Å². The molecule has 0 aromatic carbocycles. The molecule has 0 unspecified atom stereocenters. The fourth-order valence-corrected chi connectivity index (χ4v) is 2.34. The molecule has 2 heterocycles. The zero-order valence-electron chi connectivity index (χ0n) is 10.1. The van der Waals surface area contributed by atoms with E-state index in [0.29, 0.717) is 6.04 Å². The second-order valence-corrected chi connectivity index (χ2v) is 4.58. The molecule has 2 rings (SSSR count). The monoisotopic (exact) mass is 222 g/mol. The highest BCUT2D eigenvalue weighted by atomic mass is 16.3. The molecule has 1 N–H and O–H groups in total. The van der Waals surface area contributed by atoms with E-state index in [0.717, 1.165) is 12.3 Å². The zero-order valence-corrected chi connectivity index (χ0v) is 10.1. The van der Waals surface area contributed by atoms with Crippen molar-refractivity contribution in [3.63, 3.8) is 0 Å². The van der Waals surface area contributed by atoms with Gasteiger partial charge in [0.05, 0.1) is 12.8 Å². The first-order valence-corrected chi connectivity index (χ1v) is 6.36. The Morgan fingerprint density at radius 1 is 1.44 bits per heavy atom. The van der Waals surface area contributed by atoms with E-state index in [1.807, 2.05) is 12.1 Å². The number of likely N-dealkylation sites (tertiary alicyclic amines) is 1. The van der Waals surface area contributed by atoms with Gasteiger partial charge in [-0.25, -0.2) is 0 Å². The Morgan fingerprint density at radius 3 is 2.88 bits per heavy atom. The van der Waals surface area contributed by atoms with Gasteiger partial charge in [0, 0.05) is 6.04 Å². The number of nitrogens with zero attached hydrogens (tertiary/aromatic N) is 1. The van der Waals surface area contributed by atoms with Crippen molar-refractivity contribution >= 4 is 0 Å². The van der Waals surface area contributed by atoms with E-state index in [2.05, 4.69) is 17.1 Å². The van der Waals surface area contributed by atoms with Gasteiger partial charge in [0.15, 0.2) is 0 Å². The minimum Gasteiger partial charge on any atom is -0.468 e. The summed E-state index contributed by atoms with van der Waals surface area (Å²) in [5.74, 6) is 1.04. The summed E-state index contributed by atoms with van der Waals surface area (Å²) < 4.78 is 5.31. The molecule has 1 aliphatic heterocycles. The summed E-state index contributed by atoms with van der Waals surface area (Å²) >= 11 is 0. The Labute approximate surface area is 97.8 Å². The topological polar surface area (TPSA) is 28.4 Å². The van der Waals surface area contributed by atoms with E-state index < -0.39 is 0 Å². The van der Waals surface area contributed by atoms with Crippen LogP contribution >= 0.6 is 0 Å². The predicted octanol–water partition coefficient (Wildman–Crippen LogP) is 2.24. The predicted molar refractivity (Wildman–Crippen MR) is 65.3 cm³/mol. The van der Waals surface area contributed by atoms with Crippen LogP contribution in [0, 0.1) is 0 Å². The molecule has 0 aliphatic carbocycles. The Hall–Kier alpha value is -0.800. The fraction of sp³-hybridized carbons (Fsp3) is 0.692. The van der Waals surface area contributed by atoms with Crippen LogP contribution < -0.4 is 5.32 Å². The molecule has 16 heavy (non-hydrogen) atoms. The maximum Gasteiger partial charge on any atom is 0.117 e. The molecule has 0 amide bonds. The molecule has 90 valence electrons. The molecule has 1 fully saturated rings. The molecule has 1 aliphatic rings. The quantitative estimate of drug-likeness (QED) is 0.828. The first-order valence-electron chi connectivity index (χ1n) is 6.36. The highest BCUT2D eigenvalue weighted by molar-refractivity contribution is 4.98. The van der Waals surface area contributed by atoms with Crippen LogP contribution in [0.4, 0.5) is 0 Å². The summed E-state index contributed by atoms with van der Waals surface area (Å²) in [6, 6.07) is 4.64. The first kappa shape index (κ1) is 11.7. The van der Waals surface area contributed by atoms with Crippen LogP contribution in [0.1, 0.15) is 31.9 Å². The third-order valence-corrected chi connectivity index (χ3v) is 3.27. The molecular weight excluding hydrogens is 200 g/mol. The lowest BCUT2D eigenvalue weighted by molar-refractivity contribution is 0.196. The number of furan rings is 1. The van der Waals surface area contributed by atoms with Crippen molar-refractivity contribution in [1.29, 1.82) is 0 Å². The van der Waals surface area contributed by atoms with Crippen LogP contribution in [0.25, 0.3) is 0 Å².